The summed E-state index contributed by atoms with van der Waals surface area (Å²) >= 11 is 6.25. The third-order valence-corrected chi connectivity index (χ3v) is 4.86. The van der Waals surface area contributed by atoms with Crippen molar-refractivity contribution in [3.8, 4) is 5.69 Å². The lowest BCUT2D eigenvalue weighted by molar-refractivity contribution is 0.299. The van der Waals surface area contributed by atoms with Crippen molar-refractivity contribution in [2.45, 2.75) is 13.2 Å². The molecule has 0 amide bonds. The lowest BCUT2D eigenvalue weighted by Crippen LogP contribution is -2.12. The number of hydrogen-bond acceptors (Lipinski definition) is 6. The fraction of sp³-hybridized carbons (Fsp3) is 0.167. The topological polar surface area (TPSA) is 86.4 Å². The summed E-state index contributed by atoms with van der Waals surface area (Å²) in [6, 6.07) is 15.2. The summed E-state index contributed by atoms with van der Waals surface area (Å²) in [7, 11) is -3.60. The fourth-order valence-electron chi connectivity index (χ4n) is 2.96. The Labute approximate surface area is 161 Å². The highest BCUT2D eigenvalue weighted by atomic mass is 35.5. The highest BCUT2D eigenvalue weighted by Gasteiger charge is 2.23. The quantitative estimate of drug-likeness (QED) is 0.626. The van der Waals surface area contributed by atoms with Crippen molar-refractivity contribution in [1.82, 2.24) is 14.8 Å². The van der Waals surface area contributed by atoms with Crippen LogP contribution >= 0.6 is 11.6 Å². The first-order valence-corrected chi connectivity index (χ1v) is 10.3. The molecule has 0 saturated heterocycles. The van der Waals surface area contributed by atoms with Crippen LogP contribution in [0.3, 0.4) is 0 Å². The van der Waals surface area contributed by atoms with E-state index >= 15 is 0 Å². The molecule has 0 bridgehead atoms. The minimum atomic E-state index is -3.60. The molecule has 0 N–H and O–H groups in total. The van der Waals surface area contributed by atoms with Gasteiger partial charge in [-0.25, -0.2) is 0 Å². The van der Waals surface area contributed by atoms with E-state index in [0.29, 0.717) is 23.2 Å². The Kier molecular flexibility index (Phi) is 4.55. The Morgan fingerprint density at radius 1 is 1.15 bits per heavy atom. The third kappa shape index (κ3) is 3.64. The minimum absolute atomic E-state index is 0.214. The maximum atomic E-state index is 11.4. The van der Waals surface area contributed by atoms with E-state index in [0.717, 1.165) is 28.8 Å². The molecule has 0 unspecified atom stereocenters. The molecule has 0 aliphatic carbocycles. The van der Waals surface area contributed by atoms with Gasteiger partial charge in [0.15, 0.2) is 11.6 Å². The van der Waals surface area contributed by atoms with Gasteiger partial charge in [-0.1, -0.05) is 41.9 Å². The molecule has 138 valence electrons. The van der Waals surface area contributed by atoms with E-state index in [-0.39, 0.29) is 6.61 Å². The van der Waals surface area contributed by atoms with Gasteiger partial charge in [-0.2, -0.15) is 8.42 Å². The molecule has 1 aliphatic rings. The molecule has 0 atom stereocenters. The molecule has 9 heteroatoms. The maximum absolute atomic E-state index is 11.4. The van der Waals surface area contributed by atoms with Crippen LogP contribution in [0.25, 0.3) is 5.69 Å². The zero-order chi connectivity index (χ0) is 19.0. The molecule has 0 radical (unpaired) electrons. The lowest BCUT2D eigenvalue weighted by Gasteiger charge is -2.14. The second-order valence-corrected chi connectivity index (χ2v) is 8.11. The number of nitrogens with zero attached hydrogens (tertiary/aromatic N) is 4. The molecule has 1 aliphatic heterocycles. The van der Waals surface area contributed by atoms with E-state index in [1.807, 2.05) is 42.5 Å². The van der Waals surface area contributed by atoms with Crippen molar-refractivity contribution < 1.29 is 12.6 Å². The van der Waals surface area contributed by atoms with Crippen LogP contribution < -0.4 is 0 Å². The Bertz CT molecular complexity index is 1140. The van der Waals surface area contributed by atoms with Crippen LogP contribution in [0.4, 0.5) is 0 Å². The molecule has 2 heterocycles. The molecule has 3 aromatic rings. The molecule has 0 saturated carbocycles. The highest BCUT2D eigenvalue weighted by molar-refractivity contribution is 7.85. The van der Waals surface area contributed by atoms with Gasteiger partial charge in [-0.3, -0.25) is 13.7 Å². The summed E-state index contributed by atoms with van der Waals surface area (Å²) < 4.78 is 29.4. The Morgan fingerprint density at radius 3 is 2.67 bits per heavy atom. The number of benzene rings is 2. The number of halogens is 1. The second kappa shape index (κ2) is 6.88. The number of hydrogen-bond donors (Lipinski definition) is 0. The van der Waals surface area contributed by atoms with Crippen molar-refractivity contribution in [3.05, 3.63) is 76.3 Å². The summed E-state index contributed by atoms with van der Waals surface area (Å²) in [5.41, 5.74) is 3.32. The molecule has 0 fully saturated rings. The number of fused-ring (bicyclic) bond motifs is 3. The van der Waals surface area contributed by atoms with Crippen molar-refractivity contribution >= 4 is 27.4 Å². The van der Waals surface area contributed by atoms with Crippen molar-refractivity contribution in [2.24, 2.45) is 4.99 Å². The van der Waals surface area contributed by atoms with Gasteiger partial charge in [0.1, 0.15) is 13.2 Å². The van der Waals surface area contributed by atoms with Gasteiger partial charge in [-0.15, -0.1) is 10.2 Å². The van der Waals surface area contributed by atoms with Crippen LogP contribution in [0.5, 0.6) is 0 Å². The van der Waals surface area contributed by atoms with E-state index in [1.54, 1.807) is 10.6 Å². The summed E-state index contributed by atoms with van der Waals surface area (Å²) in [6.07, 6.45) is 0.997. The van der Waals surface area contributed by atoms with Gasteiger partial charge >= 0.3 is 0 Å². The Hall–Kier alpha value is -2.55. The highest BCUT2D eigenvalue weighted by Crippen LogP contribution is 2.28. The summed E-state index contributed by atoms with van der Waals surface area (Å²) in [5.74, 6) is 0.972. The molecule has 0 spiro atoms. The van der Waals surface area contributed by atoms with Gasteiger partial charge in [0.05, 0.1) is 17.7 Å². The van der Waals surface area contributed by atoms with Crippen LogP contribution in [0, 0.1) is 0 Å². The normalized spacial score (nSPS) is 13.5. The molecule has 2 aromatic carbocycles. The predicted molar refractivity (Wildman–Crippen MR) is 102 cm³/mol. The first kappa shape index (κ1) is 17.8. The zero-order valence-electron chi connectivity index (χ0n) is 14.3. The van der Waals surface area contributed by atoms with Gasteiger partial charge in [-0.05, 0) is 18.2 Å². The number of rotatable bonds is 4. The monoisotopic (exact) mass is 402 g/mol. The van der Waals surface area contributed by atoms with E-state index in [1.165, 1.54) is 0 Å². The van der Waals surface area contributed by atoms with Crippen molar-refractivity contribution in [1.29, 1.82) is 0 Å². The lowest BCUT2D eigenvalue weighted by atomic mass is 10.0. The SMILES string of the molecule is CS(=O)(=O)OCc1nnc2n1-c1ccc(Cl)cc1C(c1ccccc1)=NC2. The predicted octanol–water partition coefficient (Wildman–Crippen LogP) is 2.75. The largest absolute Gasteiger partial charge is 0.279 e. The average Bonchev–Trinajstić information content (AvgIpc) is 2.96. The Balaban J connectivity index is 1.87. The van der Waals surface area contributed by atoms with Gasteiger partial charge in [0, 0.05) is 16.1 Å². The van der Waals surface area contributed by atoms with E-state index in [9.17, 15) is 8.42 Å². The summed E-state index contributed by atoms with van der Waals surface area (Å²) in [4.78, 5) is 4.72. The standard InChI is InChI=1S/C18H15ClN4O3S/c1-27(24,25)26-11-17-22-21-16-10-20-18(12-5-3-2-4-6-12)14-9-13(19)7-8-15(14)23(16)17/h2-9H,10-11H2,1H3. The second-order valence-electron chi connectivity index (χ2n) is 6.03. The molecule has 1 aromatic heterocycles. The number of aromatic nitrogens is 3. The molecule has 7 nitrogen and oxygen atoms in total. The average molecular weight is 403 g/mol. The minimum Gasteiger partial charge on any atom is -0.279 e. The van der Waals surface area contributed by atoms with Crippen LogP contribution in [0.2, 0.25) is 5.02 Å². The molecular formula is C18H15ClN4O3S. The third-order valence-electron chi connectivity index (χ3n) is 4.08. The number of aliphatic imine (C=N–C) groups is 1. The van der Waals surface area contributed by atoms with Crippen LogP contribution in [0.15, 0.2) is 53.5 Å². The fourth-order valence-corrected chi connectivity index (χ4v) is 3.45. The van der Waals surface area contributed by atoms with Gasteiger partial charge in [0.25, 0.3) is 10.1 Å². The first-order valence-electron chi connectivity index (χ1n) is 8.10. The van der Waals surface area contributed by atoms with Gasteiger partial charge in [0.2, 0.25) is 0 Å². The Morgan fingerprint density at radius 2 is 1.93 bits per heavy atom. The summed E-state index contributed by atoms with van der Waals surface area (Å²) in [6.45, 7) is 0.0803. The summed E-state index contributed by atoms with van der Waals surface area (Å²) in [5, 5.41) is 8.82. The smallest absolute Gasteiger partial charge is 0.264 e. The van der Waals surface area contributed by atoms with Gasteiger partial charge < -0.3 is 0 Å². The first-order chi connectivity index (χ1) is 12.9. The van der Waals surface area contributed by atoms with E-state index < -0.39 is 10.1 Å². The zero-order valence-corrected chi connectivity index (χ0v) is 15.9. The van der Waals surface area contributed by atoms with E-state index in [4.69, 9.17) is 20.8 Å². The van der Waals surface area contributed by atoms with E-state index in [2.05, 4.69) is 10.2 Å². The molecular weight excluding hydrogens is 388 g/mol. The molecule has 4 rings (SSSR count). The van der Waals surface area contributed by atoms with Crippen LogP contribution in [0.1, 0.15) is 22.8 Å². The van der Waals surface area contributed by atoms with Crippen LogP contribution in [-0.4, -0.2) is 35.1 Å². The van der Waals surface area contributed by atoms with Crippen molar-refractivity contribution in [3.63, 3.8) is 0 Å². The van der Waals surface area contributed by atoms with Crippen LogP contribution in [-0.2, 0) is 27.5 Å². The molecule has 27 heavy (non-hydrogen) atoms. The maximum Gasteiger partial charge on any atom is 0.264 e. The van der Waals surface area contributed by atoms with Crippen molar-refractivity contribution in [2.75, 3.05) is 6.26 Å².